The van der Waals surface area contributed by atoms with E-state index >= 15 is 0 Å². The summed E-state index contributed by atoms with van der Waals surface area (Å²) in [6, 6.07) is 0. The third-order valence-electron chi connectivity index (χ3n) is 13.0. The summed E-state index contributed by atoms with van der Waals surface area (Å²) in [6.07, 6.45) is 3.28. The second-order valence-corrected chi connectivity index (χ2v) is 14.6. The highest BCUT2D eigenvalue weighted by Crippen LogP contribution is 2.72. The number of ketones is 1. The van der Waals surface area contributed by atoms with Crippen LogP contribution >= 0.6 is 0 Å². The van der Waals surface area contributed by atoms with E-state index in [1.807, 2.05) is 27.7 Å². The number of allylic oxidation sites excluding steroid dienone is 1. The average molecular weight is 519 g/mol. The maximum absolute atomic E-state index is 13.4. The molecule has 5 N–H and O–H groups in total. The van der Waals surface area contributed by atoms with Crippen LogP contribution in [0.3, 0.4) is 0 Å². The summed E-state index contributed by atoms with van der Waals surface area (Å²) in [5, 5.41) is 57.4. The predicted molar refractivity (Wildman–Crippen MR) is 136 cm³/mol. The van der Waals surface area contributed by atoms with Crippen molar-refractivity contribution < 1.29 is 35.1 Å². The molecule has 6 aliphatic rings. The molecule has 208 valence electrons. The van der Waals surface area contributed by atoms with Crippen molar-refractivity contribution in [3.05, 3.63) is 11.6 Å². The lowest BCUT2D eigenvalue weighted by molar-refractivity contribution is -0.222. The summed E-state index contributed by atoms with van der Waals surface area (Å²) in [5.74, 6) is -0.618. The molecule has 1 saturated heterocycles. The lowest BCUT2D eigenvalue weighted by Gasteiger charge is -2.61. The number of aliphatic hydroxyl groups excluding tert-OH is 3. The van der Waals surface area contributed by atoms with Crippen molar-refractivity contribution in [1.82, 2.24) is 0 Å². The first kappa shape index (κ1) is 26.4. The van der Waals surface area contributed by atoms with Gasteiger partial charge in [0.25, 0.3) is 0 Å². The largest absolute Gasteiger partial charge is 0.390 e. The highest BCUT2D eigenvalue weighted by Gasteiger charge is 2.78. The third-order valence-corrected chi connectivity index (χ3v) is 13.0. The molecule has 7 nitrogen and oxygen atoms in total. The molecule has 14 unspecified atom stereocenters. The minimum absolute atomic E-state index is 0.0149. The van der Waals surface area contributed by atoms with Gasteiger partial charge in [0.15, 0.2) is 5.78 Å². The van der Waals surface area contributed by atoms with Crippen LogP contribution in [-0.2, 0) is 9.53 Å². The van der Waals surface area contributed by atoms with Gasteiger partial charge in [0.1, 0.15) is 5.60 Å². The number of fused-ring (bicyclic) bond motifs is 7. The number of aliphatic hydroxyl groups is 5. The lowest BCUT2D eigenvalue weighted by Crippen LogP contribution is -2.66. The minimum Gasteiger partial charge on any atom is -0.390 e. The van der Waals surface area contributed by atoms with Gasteiger partial charge in [-0.2, -0.15) is 0 Å². The molecule has 1 spiro atoms. The van der Waals surface area contributed by atoms with E-state index in [1.54, 1.807) is 6.08 Å². The molecule has 5 fully saturated rings. The molecule has 0 aromatic rings. The fraction of sp³-hybridized carbons (Fsp3) is 0.900. The summed E-state index contributed by atoms with van der Waals surface area (Å²) in [4.78, 5) is 13.4. The second kappa shape index (κ2) is 7.88. The molecule has 0 aromatic carbocycles. The summed E-state index contributed by atoms with van der Waals surface area (Å²) in [7, 11) is 0. The first-order valence-electron chi connectivity index (χ1n) is 14.6. The van der Waals surface area contributed by atoms with Crippen LogP contribution in [0.25, 0.3) is 0 Å². The standard InChI is InChI=1S/C30H46O7/c1-15-7-6-9-30(25(34)16(15)2)28(5,35)24-23(37-30)14-29(36)18-11-20(31)19-12-21(32)22(33)13-26(19,3)17(18)8-10-27(24,29)4/h11,15-17,19,21-25,32-36H,6-10,12-14H2,1-5H3. The van der Waals surface area contributed by atoms with Gasteiger partial charge in [-0.15, -0.1) is 0 Å². The summed E-state index contributed by atoms with van der Waals surface area (Å²) >= 11 is 0. The summed E-state index contributed by atoms with van der Waals surface area (Å²) in [5.41, 5.74) is -4.30. The van der Waals surface area contributed by atoms with Crippen LogP contribution in [0.5, 0.6) is 0 Å². The van der Waals surface area contributed by atoms with Gasteiger partial charge in [-0.1, -0.05) is 40.5 Å². The maximum atomic E-state index is 13.4. The Morgan fingerprint density at radius 2 is 1.65 bits per heavy atom. The van der Waals surface area contributed by atoms with Crippen LogP contribution in [0, 0.1) is 40.4 Å². The van der Waals surface area contributed by atoms with Crippen molar-refractivity contribution in [1.29, 1.82) is 0 Å². The zero-order valence-electron chi connectivity index (χ0n) is 23.0. The Hall–Kier alpha value is -0.830. The van der Waals surface area contributed by atoms with Gasteiger partial charge in [-0.25, -0.2) is 0 Å². The van der Waals surface area contributed by atoms with Crippen LogP contribution in [-0.4, -0.2) is 72.5 Å². The van der Waals surface area contributed by atoms with E-state index in [4.69, 9.17) is 4.74 Å². The van der Waals surface area contributed by atoms with Crippen LogP contribution in [0.2, 0.25) is 0 Å². The topological polar surface area (TPSA) is 127 Å². The van der Waals surface area contributed by atoms with Crippen molar-refractivity contribution in [2.45, 2.75) is 127 Å². The Balaban J connectivity index is 1.41. The molecule has 1 heterocycles. The Bertz CT molecular complexity index is 1020. The number of carbonyl (C=O) groups is 1. The van der Waals surface area contributed by atoms with Gasteiger partial charge in [0.05, 0.1) is 35.6 Å². The average Bonchev–Trinajstić information content (AvgIpc) is 3.14. The van der Waals surface area contributed by atoms with Gasteiger partial charge in [-0.05, 0) is 73.8 Å². The Morgan fingerprint density at radius 3 is 2.35 bits per heavy atom. The lowest BCUT2D eigenvalue weighted by atomic mass is 9.45. The van der Waals surface area contributed by atoms with Gasteiger partial charge in [0, 0.05) is 23.7 Å². The Labute approximate surface area is 220 Å². The quantitative estimate of drug-likeness (QED) is 0.333. The van der Waals surface area contributed by atoms with Gasteiger partial charge in [-0.3, -0.25) is 4.79 Å². The van der Waals surface area contributed by atoms with Crippen molar-refractivity contribution in [3.63, 3.8) is 0 Å². The van der Waals surface area contributed by atoms with Crippen LogP contribution < -0.4 is 0 Å². The van der Waals surface area contributed by atoms with E-state index in [9.17, 15) is 30.3 Å². The van der Waals surface area contributed by atoms with Crippen molar-refractivity contribution in [2.75, 3.05) is 0 Å². The fourth-order valence-corrected chi connectivity index (χ4v) is 10.6. The number of rotatable bonds is 0. The fourth-order valence-electron chi connectivity index (χ4n) is 10.6. The predicted octanol–water partition coefficient (Wildman–Crippen LogP) is 2.51. The molecule has 5 aliphatic carbocycles. The normalized spacial score (nSPS) is 61.3. The molecular weight excluding hydrogens is 472 g/mol. The van der Waals surface area contributed by atoms with Crippen LogP contribution in [0.15, 0.2) is 11.6 Å². The number of carbonyl (C=O) groups excluding carboxylic acids is 1. The molecule has 14 atom stereocenters. The summed E-state index contributed by atoms with van der Waals surface area (Å²) in [6.45, 7) is 10.1. The molecule has 4 saturated carbocycles. The van der Waals surface area contributed by atoms with E-state index in [0.717, 1.165) is 24.8 Å². The zero-order valence-corrected chi connectivity index (χ0v) is 23.0. The van der Waals surface area contributed by atoms with Crippen LogP contribution in [0.4, 0.5) is 0 Å². The van der Waals surface area contributed by atoms with Crippen molar-refractivity contribution >= 4 is 5.78 Å². The zero-order chi connectivity index (χ0) is 26.9. The number of ether oxygens (including phenoxy) is 1. The third kappa shape index (κ3) is 3.02. The SMILES string of the molecule is CC1CCCC2(OC3CC4(O)C5=CC(=O)C6CC(O)C(O)CC6(C)C5CCC4(C)C3C2(C)O)C(O)C1C. The van der Waals surface area contributed by atoms with Gasteiger partial charge < -0.3 is 30.3 Å². The van der Waals surface area contributed by atoms with E-state index in [2.05, 4.69) is 6.92 Å². The smallest absolute Gasteiger partial charge is 0.159 e. The molecule has 6 rings (SSSR count). The molecule has 0 amide bonds. The van der Waals surface area contributed by atoms with Crippen LogP contribution in [0.1, 0.15) is 86.0 Å². The number of hydrogen-bond acceptors (Lipinski definition) is 7. The first-order valence-corrected chi connectivity index (χ1v) is 14.6. The molecule has 7 heteroatoms. The maximum Gasteiger partial charge on any atom is 0.159 e. The highest BCUT2D eigenvalue weighted by atomic mass is 16.6. The minimum atomic E-state index is -1.35. The van der Waals surface area contributed by atoms with E-state index < -0.39 is 52.0 Å². The first-order chi connectivity index (χ1) is 17.1. The van der Waals surface area contributed by atoms with Crippen molar-refractivity contribution in [2.24, 2.45) is 40.4 Å². The Morgan fingerprint density at radius 1 is 0.946 bits per heavy atom. The highest BCUT2D eigenvalue weighted by molar-refractivity contribution is 5.95. The summed E-state index contributed by atoms with van der Waals surface area (Å²) < 4.78 is 6.79. The Kier molecular flexibility index (Phi) is 5.62. The molecule has 0 aromatic heterocycles. The van der Waals surface area contributed by atoms with Gasteiger partial charge in [0.2, 0.25) is 0 Å². The molecule has 37 heavy (non-hydrogen) atoms. The van der Waals surface area contributed by atoms with Crippen molar-refractivity contribution in [3.8, 4) is 0 Å². The second-order valence-electron chi connectivity index (χ2n) is 14.6. The molecular formula is C30H46O7. The monoisotopic (exact) mass is 518 g/mol. The van der Waals surface area contributed by atoms with Gasteiger partial charge >= 0.3 is 0 Å². The number of hydrogen-bond donors (Lipinski definition) is 5. The van der Waals surface area contributed by atoms with E-state index in [0.29, 0.717) is 25.2 Å². The van der Waals surface area contributed by atoms with E-state index in [-0.39, 0.29) is 42.3 Å². The molecule has 1 aliphatic heterocycles. The molecule has 0 bridgehead atoms. The molecule has 0 radical (unpaired) electrons. The van der Waals surface area contributed by atoms with E-state index in [1.165, 1.54) is 0 Å².